The van der Waals surface area contributed by atoms with Crippen LogP contribution in [0.1, 0.15) is 24.8 Å². The predicted molar refractivity (Wildman–Crippen MR) is 71.0 cm³/mol. The van der Waals surface area contributed by atoms with Crippen molar-refractivity contribution in [1.29, 1.82) is 5.26 Å². The number of hydrogen-bond donors (Lipinski definition) is 0. The Hall–Kier alpha value is -2.35. The standard InChI is InChI=1S/C15H14N2O3/c1-20-12-4-2-3-11(8-16)13(12)17-14(18)9-5-6-10(7-9)15(17)19/h2-4,9-10H,5-7H2,1H3. The van der Waals surface area contributed by atoms with Crippen LogP contribution in [0.4, 0.5) is 5.69 Å². The number of piperidine rings is 1. The Kier molecular flexibility index (Phi) is 2.94. The Morgan fingerprint density at radius 1 is 1.25 bits per heavy atom. The molecule has 1 aromatic carbocycles. The number of nitriles is 1. The molecule has 2 fully saturated rings. The van der Waals surface area contributed by atoms with Crippen molar-refractivity contribution in [3.63, 3.8) is 0 Å². The first kappa shape index (κ1) is 12.7. The molecule has 102 valence electrons. The molecule has 0 spiro atoms. The Bertz CT molecular complexity index is 610. The number of anilines is 1. The molecule has 1 aliphatic heterocycles. The van der Waals surface area contributed by atoms with E-state index in [1.807, 2.05) is 6.07 Å². The van der Waals surface area contributed by atoms with Crippen LogP contribution in [0.25, 0.3) is 0 Å². The third-order valence-corrected chi connectivity index (χ3v) is 4.13. The van der Waals surface area contributed by atoms with Gasteiger partial charge in [-0.2, -0.15) is 5.26 Å². The summed E-state index contributed by atoms with van der Waals surface area (Å²) in [6.45, 7) is 0. The number of amides is 2. The molecule has 1 saturated heterocycles. The van der Waals surface area contributed by atoms with Crippen LogP contribution >= 0.6 is 0 Å². The fraction of sp³-hybridized carbons (Fsp3) is 0.400. The highest BCUT2D eigenvalue weighted by atomic mass is 16.5. The number of hydrogen-bond acceptors (Lipinski definition) is 4. The van der Waals surface area contributed by atoms with Crippen molar-refractivity contribution in [2.45, 2.75) is 19.3 Å². The molecule has 1 heterocycles. The first-order valence-electron chi connectivity index (χ1n) is 6.62. The second-order valence-electron chi connectivity index (χ2n) is 5.19. The number of imide groups is 1. The summed E-state index contributed by atoms with van der Waals surface area (Å²) in [6, 6.07) is 6.96. The molecule has 5 heteroatoms. The van der Waals surface area contributed by atoms with Crippen molar-refractivity contribution in [2.24, 2.45) is 11.8 Å². The highest BCUT2D eigenvalue weighted by molar-refractivity contribution is 6.20. The van der Waals surface area contributed by atoms with Crippen molar-refractivity contribution in [1.82, 2.24) is 0 Å². The fourth-order valence-electron chi connectivity index (χ4n) is 3.13. The summed E-state index contributed by atoms with van der Waals surface area (Å²) in [5, 5.41) is 9.23. The summed E-state index contributed by atoms with van der Waals surface area (Å²) in [5.74, 6) is -0.232. The zero-order valence-corrected chi connectivity index (χ0v) is 11.1. The molecular weight excluding hydrogens is 256 g/mol. The maximum atomic E-state index is 12.5. The Morgan fingerprint density at radius 3 is 2.45 bits per heavy atom. The summed E-state index contributed by atoms with van der Waals surface area (Å²) in [4.78, 5) is 26.1. The SMILES string of the molecule is COc1cccc(C#N)c1N1C(=O)C2CCC(C2)C1=O. The second-order valence-corrected chi connectivity index (χ2v) is 5.19. The molecule has 2 bridgehead atoms. The van der Waals surface area contributed by atoms with E-state index in [0.29, 0.717) is 17.9 Å². The summed E-state index contributed by atoms with van der Waals surface area (Å²) < 4.78 is 5.23. The van der Waals surface area contributed by atoms with Gasteiger partial charge in [-0.05, 0) is 31.4 Å². The number of rotatable bonds is 2. The first-order valence-corrected chi connectivity index (χ1v) is 6.62. The third-order valence-electron chi connectivity index (χ3n) is 4.13. The van der Waals surface area contributed by atoms with Crippen LogP contribution < -0.4 is 9.64 Å². The van der Waals surface area contributed by atoms with Gasteiger partial charge in [0.1, 0.15) is 17.5 Å². The third kappa shape index (κ3) is 1.68. The van der Waals surface area contributed by atoms with E-state index < -0.39 is 0 Å². The number of ether oxygens (including phenoxy) is 1. The minimum absolute atomic E-state index is 0.103. The lowest BCUT2D eigenvalue weighted by Crippen LogP contribution is -2.46. The Labute approximate surface area is 116 Å². The van der Waals surface area contributed by atoms with Gasteiger partial charge in [0.15, 0.2) is 0 Å². The largest absolute Gasteiger partial charge is 0.495 e. The normalized spacial score (nSPS) is 24.7. The van der Waals surface area contributed by atoms with Gasteiger partial charge in [-0.1, -0.05) is 6.07 Å². The topological polar surface area (TPSA) is 70.4 Å². The van der Waals surface area contributed by atoms with Gasteiger partial charge in [-0.3, -0.25) is 9.59 Å². The molecule has 0 aromatic heterocycles. The maximum Gasteiger partial charge on any atom is 0.237 e. The quantitative estimate of drug-likeness (QED) is 0.769. The number of carbonyl (C=O) groups is 2. The molecule has 20 heavy (non-hydrogen) atoms. The highest BCUT2D eigenvalue weighted by Crippen LogP contribution is 2.43. The number of methoxy groups -OCH3 is 1. The summed E-state index contributed by atoms with van der Waals surface area (Å²) in [6.07, 6.45) is 2.15. The van der Waals surface area contributed by atoms with E-state index in [2.05, 4.69) is 0 Å². The molecule has 5 nitrogen and oxygen atoms in total. The van der Waals surface area contributed by atoms with Crippen LogP contribution in [0.2, 0.25) is 0 Å². The lowest BCUT2D eigenvalue weighted by atomic mass is 9.95. The van der Waals surface area contributed by atoms with Gasteiger partial charge in [0, 0.05) is 11.8 Å². The van der Waals surface area contributed by atoms with Gasteiger partial charge in [-0.25, -0.2) is 4.90 Å². The van der Waals surface area contributed by atoms with Gasteiger partial charge >= 0.3 is 0 Å². The predicted octanol–water partition coefficient (Wildman–Crippen LogP) is 1.86. The van der Waals surface area contributed by atoms with Crippen molar-refractivity contribution in [2.75, 3.05) is 12.0 Å². The summed E-state index contributed by atoms with van der Waals surface area (Å²) in [5.41, 5.74) is 0.580. The van der Waals surface area contributed by atoms with E-state index in [9.17, 15) is 14.9 Å². The van der Waals surface area contributed by atoms with Gasteiger partial charge in [-0.15, -0.1) is 0 Å². The number of fused-ring (bicyclic) bond motifs is 2. The average Bonchev–Trinajstić information content (AvgIpc) is 2.92. The van der Waals surface area contributed by atoms with Crippen molar-refractivity contribution < 1.29 is 14.3 Å². The zero-order valence-electron chi connectivity index (χ0n) is 11.1. The lowest BCUT2D eigenvalue weighted by molar-refractivity contribution is -0.133. The number of carbonyl (C=O) groups excluding carboxylic acids is 2. The first-order chi connectivity index (χ1) is 9.67. The lowest BCUT2D eigenvalue weighted by Gasteiger charge is -2.31. The Morgan fingerprint density at radius 2 is 1.90 bits per heavy atom. The molecule has 1 aliphatic carbocycles. The Balaban J connectivity index is 2.15. The van der Waals surface area contributed by atoms with Crippen LogP contribution in [0.3, 0.4) is 0 Å². The molecule has 2 aliphatic rings. The minimum atomic E-state index is -0.204. The van der Waals surface area contributed by atoms with Gasteiger partial charge in [0.05, 0.1) is 12.7 Å². The van der Waals surface area contributed by atoms with Crippen LogP contribution in [-0.2, 0) is 9.59 Å². The second kappa shape index (κ2) is 4.64. The number of nitrogens with zero attached hydrogens (tertiary/aromatic N) is 2. The smallest absolute Gasteiger partial charge is 0.237 e. The molecule has 2 unspecified atom stereocenters. The molecule has 0 N–H and O–H groups in total. The number of benzene rings is 1. The van der Waals surface area contributed by atoms with E-state index in [0.717, 1.165) is 12.8 Å². The zero-order chi connectivity index (χ0) is 14.3. The van der Waals surface area contributed by atoms with Gasteiger partial charge in [0.2, 0.25) is 11.8 Å². The summed E-state index contributed by atoms with van der Waals surface area (Å²) in [7, 11) is 1.47. The van der Waals surface area contributed by atoms with E-state index in [-0.39, 0.29) is 29.2 Å². The average molecular weight is 270 g/mol. The monoisotopic (exact) mass is 270 g/mol. The molecular formula is C15H14N2O3. The summed E-state index contributed by atoms with van der Waals surface area (Å²) >= 11 is 0. The highest BCUT2D eigenvalue weighted by Gasteiger charge is 2.47. The molecule has 1 aromatic rings. The van der Waals surface area contributed by atoms with Crippen LogP contribution in [-0.4, -0.2) is 18.9 Å². The minimum Gasteiger partial charge on any atom is -0.495 e. The van der Waals surface area contributed by atoms with E-state index in [1.165, 1.54) is 12.0 Å². The van der Waals surface area contributed by atoms with Crippen molar-refractivity contribution >= 4 is 17.5 Å². The molecule has 2 atom stereocenters. The van der Waals surface area contributed by atoms with Gasteiger partial charge in [0.25, 0.3) is 0 Å². The van der Waals surface area contributed by atoms with Gasteiger partial charge < -0.3 is 4.74 Å². The number of para-hydroxylation sites is 1. The van der Waals surface area contributed by atoms with E-state index in [4.69, 9.17) is 4.74 Å². The molecule has 2 amide bonds. The van der Waals surface area contributed by atoms with Crippen LogP contribution in [0, 0.1) is 23.2 Å². The van der Waals surface area contributed by atoms with Crippen molar-refractivity contribution in [3.05, 3.63) is 23.8 Å². The van der Waals surface area contributed by atoms with Crippen LogP contribution in [0.5, 0.6) is 5.75 Å². The van der Waals surface area contributed by atoms with E-state index in [1.54, 1.807) is 18.2 Å². The molecule has 0 radical (unpaired) electrons. The molecule has 1 saturated carbocycles. The fourth-order valence-corrected chi connectivity index (χ4v) is 3.13. The molecule has 3 rings (SSSR count). The van der Waals surface area contributed by atoms with E-state index >= 15 is 0 Å². The maximum absolute atomic E-state index is 12.5. The van der Waals surface area contributed by atoms with Crippen molar-refractivity contribution in [3.8, 4) is 11.8 Å². The van der Waals surface area contributed by atoms with Crippen LogP contribution in [0.15, 0.2) is 18.2 Å².